The number of H-pyrrole nitrogens is 1. The van der Waals surface area contributed by atoms with Crippen molar-refractivity contribution in [3.05, 3.63) is 32.9 Å². The fraction of sp³-hybridized carbons (Fsp3) is 0.500. The van der Waals surface area contributed by atoms with E-state index >= 15 is 0 Å². The van der Waals surface area contributed by atoms with Gasteiger partial charge in [-0.25, -0.2) is 14.2 Å². The number of carbonyl (C=O) groups is 1. The van der Waals surface area contributed by atoms with Gasteiger partial charge in [-0.1, -0.05) is 13.8 Å². The lowest BCUT2D eigenvalue weighted by molar-refractivity contribution is 0.240. The summed E-state index contributed by atoms with van der Waals surface area (Å²) in [5, 5.41) is 2.45. The summed E-state index contributed by atoms with van der Waals surface area (Å²) in [6.45, 7) is 4.35. The average Bonchev–Trinajstić information content (AvgIpc) is 2.22. The van der Waals surface area contributed by atoms with Gasteiger partial charge in [0.2, 0.25) is 5.82 Å². The molecule has 0 aliphatic heterocycles. The summed E-state index contributed by atoms with van der Waals surface area (Å²) in [6.07, 6.45) is 1.32. The van der Waals surface area contributed by atoms with Gasteiger partial charge >= 0.3 is 11.7 Å². The van der Waals surface area contributed by atoms with Crippen molar-refractivity contribution >= 4 is 6.03 Å². The van der Waals surface area contributed by atoms with Crippen LogP contribution >= 0.6 is 0 Å². The van der Waals surface area contributed by atoms with Crippen LogP contribution in [0.4, 0.5) is 9.18 Å². The number of rotatable bonds is 3. The SMILES string of the molecule is CC(C)CCNC(=O)n1cc(F)c(=O)[nH]c1=O.[HH].[HH]. The Morgan fingerprint density at radius 3 is 2.82 bits per heavy atom. The second kappa shape index (κ2) is 5.42. The van der Waals surface area contributed by atoms with E-state index in [1.807, 2.05) is 13.8 Å². The summed E-state index contributed by atoms with van der Waals surface area (Å²) < 4.78 is 13.4. The molecule has 0 spiro atoms. The van der Waals surface area contributed by atoms with Crippen molar-refractivity contribution < 1.29 is 12.0 Å². The first kappa shape index (κ1) is 13.1. The standard InChI is InChI=1S/C10H14FN3O3.2H2/c1-6(2)3-4-12-9(16)14-5-7(11)8(15)13-10(14)17;;/h5-6H,3-4H2,1-2H3,(H,12,16)(H,13,15,17);2*1H. The third kappa shape index (κ3) is 3.54. The van der Waals surface area contributed by atoms with Crippen LogP contribution in [0.15, 0.2) is 15.8 Å². The molecule has 1 rings (SSSR count). The molecule has 1 heterocycles. The predicted octanol–water partition coefficient (Wildman–Crippen LogP) is 0.771. The first-order valence-electron chi connectivity index (χ1n) is 5.21. The maximum atomic E-state index is 12.9. The summed E-state index contributed by atoms with van der Waals surface area (Å²) in [4.78, 5) is 35.1. The smallest absolute Gasteiger partial charge is 0.336 e. The maximum absolute atomic E-state index is 12.9. The third-order valence-corrected chi connectivity index (χ3v) is 2.12. The number of amides is 1. The van der Waals surface area contributed by atoms with Crippen molar-refractivity contribution in [2.24, 2.45) is 5.92 Å². The Morgan fingerprint density at radius 1 is 1.59 bits per heavy atom. The Balaban J connectivity index is 0. The molecule has 0 aliphatic carbocycles. The Hall–Kier alpha value is -1.92. The summed E-state index contributed by atoms with van der Waals surface area (Å²) in [6, 6.07) is -0.759. The molecule has 0 atom stereocenters. The van der Waals surface area contributed by atoms with Crippen LogP contribution in [0.25, 0.3) is 0 Å². The Labute approximate surface area is 99.4 Å². The van der Waals surface area contributed by atoms with E-state index in [-0.39, 0.29) is 2.85 Å². The largest absolute Gasteiger partial charge is 0.337 e. The number of nitrogens with zero attached hydrogens (tertiary/aromatic N) is 1. The van der Waals surface area contributed by atoms with E-state index in [0.29, 0.717) is 23.2 Å². The first-order valence-corrected chi connectivity index (χ1v) is 5.21. The van der Waals surface area contributed by atoms with Crippen molar-refractivity contribution in [3.63, 3.8) is 0 Å². The van der Waals surface area contributed by atoms with Crippen LogP contribution in [0, 0.1) is 11.7 Å². The van der Waals surface area contributed by atoms with Crippen LogP contribution in [-0.2, 0) is 0 Å². The first-order chi connectivity index (χ1) is 7.91. The van der Waals surface area contributed by atoms with Gasteiger partial charge in [0.1, 0.15) is 0 Å². The van der Waals surface area contributed by atoms with E-state index in [0.717, 1.165) is 6.42 Å². The van der Waals surface area contributed by atoms with E-state index in [9.17, 15) is 18.8 Å². The minimum atomic E-state index is -1.18. The normalized spacial score (nSPS) is 10.6. The molecule has 0 aliphatic rings. The summed E-state index contributed by atoms with van der Waals surface area (Å²) >= 11 is 0. The molecule has 0 aromatic carbocycles. The summed E-state index contributed by atoms with van der Waals surface area (Å²) in [5.74, 6) is -0.775. The molecular formula is C10H18FN3O3. The fourth-order valence-corrected chi connectivity index (χ4v) is 1.15. The Kier molecular flexibility index (Phi) is 4.19. The lowest BCUT2D eigenvalue weighted by atomic mass is 10.1. The highest BCUT2D eigenvalue weighted by molar-refractivity contribution is 5.76. The van der Waals surface area contributed by atoms with Crippen molar-refractivity contribution in [2.45, 2.75) is 20.3 Å². The zero-order valence-electron chi connectivity index (χ0n) is 9.62. The number of halogens is 1. The van der Waals surface area contributed by atoms with Crippen molar-refractivity contribution in [2.75, 3.05) is 6.54 Å². The highest BCUT2D eigenvalue weighted by Gasteiger charge is 2.10. The van der Waals surface area contributed by atoms with E-state index in [1.54, 1.807) is 4.98 Å². The van der Waals surface area contributed by atoms with Crippen LogP contribution in [0.1, 0.15) is 23.1 Å². The number of aromatic nitrogens is 2. The van der Waals surface area contributed by atoms with Crippen LogP contribution in [0.5, 0.6) is 0 Å². The van der Waals surface area contributed by atoms with Gasteiger partial charge in [0.05, 0.1) is 6.20 Å². The monoisotopic (exact) mass is 247 g/mol. The van der Waals surface area contributed by atoms with Gasteiger partial charge in [-0.2, -0.15) is 4.39 Å². The molecule has 0 radical (unpaired) electrons. The highest BCUT2D eigenvalue weighted by atomic mass is 19.1. The van der Waals surface area contributed by atoms with Gasteiger partial charge in [-0.05, 0) is 12.3 Å². The van der Waals surface area contributed by atoms with Crippen LogP contribution < -0.4 is 16.6 Å². The van der Waals surface area contributed by atoms with Crippen molar-refractivity contribution in [1.29, 1.82) is 0 Å². The van der Waals surface area contributed by atoms with Crippen molar-refractivity contribution in [1.82, 2.24) is 14.9 Å². The second-order valence-corrected chi connectivity index (χ2v) is 4.02. The topological polar surface area (TPSA) is 84.0 Å². The van der Waals surface area contributed by atoms with Gasteiger partial charge < -0.3 is 5.32 Å². The minimum Gasteiger partial charge on any atom is -0.337 e. The molecule has 0 saturated carbocycles. The van der Waals surface area contributed by atoms with Crippen molar-refractivity contribution in [3.8, 4) is 0 Å². The van der Waals surface area contributed by atoms with Crippen LogP contribution in [-0.4, -0.2) is 22.1 Å². The number of aromatic amines is 1. The van der Waals surface area contributed by atoms with Crippen LogP contribution in [0.2, 0.25) is 0 Å². The fourth-order valence-electron chi connectivity index (χ4n) is 1.15. The zero-order valence-corrected chi connectivity index (χ0v) is 9.62. The number of nitrogens with one attached hydrogen (secondary N) is 2. The van der Waals surface area contributed by atoms with E-state index < -0.39 is 23.1 Å². The lowest BCUT2D eigenvalue weighted by Crippen LogP contribution is -2.41. The average molecular weight is 247 g/mol. The molecule has 0 bridgehead atoms. The molecule has 1 aromatic rings. The molecule has 0 fully saturated rings. The minimum absolute atomic E-state index is 0. The van der Waals surface area contributed by atoms with Gasteiger partial charge in [0.25, 0.3) is 5.56 Å². The molecule has 0 saturated heterocycles. The van der Waals surface area contributed by atoms with Gasteiger partial charge in [0.15, 0.2) is 0 Å². The lowest BCUT2D eigenvalue weighted by Gasteiger charge is -2.07. The maximum Gasteiger partial charge on any atom is 0.336 e. The molecule has 1 aromatic heterocycles. The number of hydrogen-bond acceptors (Lipinski definition) is 3. The molecule has 0 unspecified atom stereocenters. The molecular weight excluding hydrogens is 229 g/mol. The quantitative estimate of drug-likeness (QED) is 0.827. The Bertz CT molecular complexity index is 527. The van der Waals surface area contributed by atoms with E-state index in [2.05, 4.69) is 5.32 Å². The predicted molar refractivity (Wildman–Crippen MR) is 63.8 cm³/mol. The van der Waals surface area contributed by atoms with Crippen LogP contribution in [0.3, 0.4) is 0 Å². The number of carbonyl (C=O) groups excluding carboxylic acids is 1. The van der Waals surface area contributed by atoms with E-state index in [1.165, 1.54) is 0 Å². The number of hydrogen-bond donors (Lipinski definition) is 2. The molecule has 98 valence electrons. The molecule has 2 N–H and O–H groups in total. The van der Waals surface area contributed by atoms with Gasteiger partial charge in [-0.15, -0.1) is 0 Å². The molecule has 1 amide bonds. The highest BCUT2D eigenvalue weighted by Crippen LogP contribution is 1.96. The van der Waals surface area contributed by atoms with Gasteiger partial charge in [0, 0.05) is 9.40 Å². The Morgan fingerprint density at radius 2 is 2.24 bits per heavy atom. The molecule has 6 nitrogen and oxygen atoms in total. The molecule has 17 heavy (non-hydrogen) atoms. The third-order valence-electron chi connectivity index (χ3n) is 2.12. The van der Waals surface area contributed by atoms with E-state index in [4.69, 9.17) is 0 Å². The zero-order chi connectivity index (χ0) is 13.0. The van der Waals surface area contributed by atoms with Gasteiger partial charge in [-0.3, -0.25) is 9.78 Å². The molecule has 7 heteroatoms. The summed E-state index contributed by atoms with van der Waals surface area (Å²) in [7, 11) is 0. The summed E-state index contributed by atoms with van der Waals surface area (Å²) in [5.41, 5.74) is -2.10. The second-order valence-electron chi connectivity index (χ2n) is 4.02.